The number of nitrogens with zero attached hydrogens (tertiary/aromatic N) is 1. The maximum absolute atomic E-state index is 12.6. The summed E-state index contributed by atoms with van der Waals surface area (Å²) >= 11 is 0. The van der Waals surface area contributed by atoms with Crippen LogP contribution in [0.15, 0.2) is 29.2 Å². The predicted octanol–water partition coefficient (Wildman–Crippen LogP) is 0.335. The van der Waals surface area contributed by atoms with Crippen LogP contribution < -0.4 is 11.1 Å². The molecule has 0 saturated heterocycles. The Balaban J connectivity index is 3.01. The zero-order valence-corrected chi connectivity index (χ0v) is 13.3. The highest BCUT2D eigenvalue weighted by molar-refractivity contribution is 7.89. The maximum Gasteiger partial charge on any atom is 0.243 e. The first-order chi connectivity index (χ1) is 9.95. The molecule has 1 rings (SSSR count). The van der Waals surface area contributed by atoms with Gasteiger partial charge in [0.2, 0.25) is 15.9 Å². The van der Waals surface area contributed by atoms with Crippen molar-refractivity contribution < 1.29 is 13.2 Å². The molecule has 1 aromatic carbocycles. The molecule has 0 saturated carbocycles. The van der Waals surface area contributed by atoms with Crippen molar-refractivity contribution >= 4 is 15.9 Å². The van der Waals surface area contributed by atoms with E-state index in [-0.39, 0.29) is 17.3 Å². The molecule has 0 aliphatic carbocycles. The summed E-state index contributed by atoms with van der Waals surface area (Å²) < 4.78 is 26.3. The summed E-state index contributed by atoms with van der Waals surface area (Å²) in [6.45, 7) is 2.53. The van der Waals surface area contributed by atoms with Crippen LogP contribution in [0.4, 0.5) is 0 Å². The molecular formula is C14H23N3O3S. The second-order valence-electron chi connectivity index (χ2n) is 4.69. The van der Waals surface area contributed by atoms with Crippen LogP contribution in [-0.4, -0.2) is 45.3 Å². The Morgan fingerprint density at radius 2 is 1.90 bits per heavy atom. The number of carbonyl (C=O) groups excluding carboxylic acids is 1. The number of sulfonamides is 1. The third-order valence-corrected chi connectivity index (χ3v) is 4.93. The molecule has 0 bridgehead atoms. The van der Waals surface area contributed by atoms with E-state index in [1.807, 2.05) is 6.92 Å². The van der Waals surface area contributed by atoms with Gasteiger partial charge < -0.3 is 11.1 Å². The van der Waals surface area contributed by atoms with E-state index in [9.17, 15) is 13.2 Å². The second kappa shape index (κ2) is 8.11. The Bertz CT molecular complexity index is 555. The van der Waals surface area contributed by atoms with E-state index in [1.165, 1.54) is 11.4 Å². The van der Waals surface area contributed by atoms with E-state index in [0.717, 1.165) is 5.56 Å². The van der Waals surface area contributed by atoms with Gasteiger partial charge in [0, 0.05) is 13.6 Å². The molecule has 1 amide bonds. The largest absolute Gasteiger partial charge is 0.358 e. The molecular weight excluding hydrogens is 290 g/mol. The third-order valence-electron chi connectivity index (χ3n) is 3.07. The average Bonchev–Trinajstić information content (AvgIpc) is 2.47. The van der Waals surface area contributed by atoms with Crippen LogP contribution in [0.1, 0.15) is 18.9 Å². The van der Waals surface area contributed by atoms with E-state index in [0.29, 0.717) is 25.9 Å². The standard InChI is InChI=1S/C14H23N3O3S/c1-3-10-17(11-14(18)16-2)21(19,20)13-6-4-12(5-7-13)8-9-15/h4-7H,3,8-11,15H2,1-2H3,(H,16,18). The van der Waals surface area contributed by atoms with Gasteiger partial charge in [-0.3, -0.25) is 4.79 Å². The lowest BCUT2D eigenvalue weighted by atomic mass is 10.2. The predicted molar refractivity (Wildman–Crippen MR) is 82.3 cm³/mol. The first kappa shape index (κ1) is 17.6. The fourth-order valence-corrected chi connectivity index (χ4v) is 3.40. The minimum absolute atomic E-state index is 0.169. The Kier molecular flexibility index (Phi) is 6.80. The lowest BCUT2D eigenvalue weighted by Gasteiger charge is -2.20. The van der Waals surface area contributed by atoms with Crippen LogP contribution in [0, 0.1) is 0 Å². The summed E-state index contributed by atoms with van der Waals surface area (Å²) in [5.41, 5.74) is 6.46. The highest BCUT2D eigenvalue weighted by Gasteiger charge is 2.25. The lowest BCUT2D eigenvalue weighted by molar-refractivity contribution is -0.120. The van der Waals surface area contributed by atoms with E-state index < -0.39 is 10.0 Å². The van der Waals surface area contributed by atoms with Gasteiger partial charge in [0.25, 0.3) is 0 Å². The van der Waals surface area contributed by atoms with Crippen molar-refractivity contribution in [2.24, 2.45) is 5.73 Å². The molecule has 6 nitrogen and oxygen atoms in total. The summed E-state index contributed by atoms with van der Waals surface area (Å²) in [6, 6.07) is 6.63. The van der Waals surface area contributed by atoms with Crippen LogP contribution in [0.5, 0.6) is 0 Å². The van der Waals surface area contributed by atoms with E-state index in [4.69, 9.17) is 5.73 Å². The topological polar surface area (TPSA) is 92.5 Å². The van der Waals surface area contributed by atoms with Crippen LogP contribution in [0.3, 0.4) is 0 Å². The van der Waals surface area contributed by atoms with E-state index in [2.05, 4.69) is 5.32 Å². The van der Waals surface area contributed by atoms with Gasteiger partial charge in [0.1, 0.15) is 0 Å². The molecule has 0 unspecified atom stereocenters. The first-order valence-corrected chi connectivity index (χ1v) is 8.39. The maximum atomic E-state index is 12.6. The SMILES string of the molecule is CCCN(CC(=O)NC)S(=O)(=O)c1ccc(CCN)cc1. The minimum Gasteiger partial charge on any atom is -0.358 e. The summed E-state index contributed by atoms with van der Waals surface area (Å²) in [5.74, 6) is -0.327. The molecule has 0 radical (unpaired) electrons. The molecule has 0 aliphatic rings. The van der Waals surface area contributed by atoms with Crippen molar-refractivity contribution in [2.45, 2.75) is 24.7 Å². The summed E-state index contributed by atoms with van der Waals surface area (Å²) in [6.07, 6.45) is 1.35. The number of amides is 1. The highest BCUT2D eigenvalue weighted by Crippen LogP contribution is 2.17. The second-order valence-corrected chi connectivity index (χ2v) is 6.63. The van der Waals surface area contributed by atoms with Crippen molar-refractivity contribution in [1.82, 2.24) is 9.62 Å². The van der Waals surface area contributed by atoms with Gasteiger partial charge in [-0.15, -0.1) is 0 Å². The molecule has 3 N–H and O–H groups in total. The van der Waals surface area contributed by atoms with Crippen molar-refractivity contribution in [1.29, 1.82) is 0 Å². The Morgan fingerprint density at radius 3 is 2.38 bits per heavy atom. The van der Waals surface area contributed by atoms with Gasteiger partial charge in [0.15, 0.2) is 0 Å². The fourth-order valence-electron chi connectivity index (χ4n) is 1.92. The minimum atomic E-state index is -3.66. The quantitative estimate of drug-likeness (QED) is 0.723. The number of hydrogen-bond acceptors (Lipinski definition) is 4. The molecule has 0 aromatic heterocycles. The van der Waals surface area contributed by atoms with Crippen molar-refractivity contribution in [3.63, 3.8) is 0 Å². The number of hydrogen-bond donors (Lipinski definition) is 2. The van der Waals surface area contributed by atoms with Gasteiger partial charge in [-0.2, -0.15) is 4.31 Å². The zero-order chi connectivity index (χ0) is 15.9. The van der Waals surface area contributed by atoms with Crippen molar-refractivity contribution in [3.05, 3.63) is 29.8 Å². The van der Waals surface area contributed by atoms with E-state index in [1.54, 1.807) is 24.3 Å². The van der Waals surface area contributed by atoms with Crippen LogP contribution in [-0.2, 0) is 21.2 Å². The number of nitrogens with two attached hydrogens (primary N) is 1. The molecule has 0 heterocycles. The highest BCUT2D eigenvalue weighted by atomic mass is 32.2. The third kappa shape index (κ3) is 4.80. The molecule has 7 heteroatoms. The molecule has 118 valence electrons. The van der Waals surface area contributed by atoms with Crippen LogP contribution >= 0.6 is 0 Å². The Morgan fingerprint density at radius 1 is 1.29 bits per heavy atom. The number of rotatable bonds is 8. The van der Waals surface area contributed by atoms with Gasteiger partial charge in [-0.1, -0.05) is 19.1 Å². The smallest absolute Gasteiger partial charge is 0.243 e. The number of likely N-dealkylation sites (N-methyl/N-ethyl adjacent to an activating group) is 1. The molecule has 0 aliphatic heterocycles. The van der Waals surface area contributed by atoms with Crippen molar-refractivity contribution in [3.8, 4) is 0 Å². The molecule has 0 fully saturated rings. The van der Waals surface area contributed by atoms with Gasteiger partial charge in [0.05, 0.1) is 11.4 Å². The normalized spacial score (nSPS) is 11.6. The molecule has 21 heavy (non-hydrogen) atoms. The Labute approximate surface area is 126 Å². The zero-order valence-electron chi connectivity index (χ0n) is 12.5. The fraction of sp³-hybridized carbons (Fsp3) is 0.500. The summed E-state index contributed by atoms with van der Waals surface area (Å²) in [7, 11) is -2.17. The summed E-state index contributed by atoms with van der Waals surface area (Å²) in [4.78, 5) is 11.7. The number of nitrogens with one attached hydrogen (secondary N) is 1. The molecule has 0 spiro atoms. The van der Waals surface area contributed by atoms with Gasteiger partial charge >= 0.3 is 0 Å². The number of benzene rings is 1. The van der Waals surface area contributed by atoms with Crippen LogP contribution in [0.25, 0.3) is 0 Å². The monoisotopic (exact) mass is 313 g/mol. The van der Waals surface area contributed by atoms with Gasteiger partial charge in [-0.25, -0.2) is 8.42 Å². The van der Waals surface area contributed by atoms with E-state index >= 15 is 0 Å². The summed E-state index contributed by atoms with van der Waals surface area (Å²) in [5, 5.41) is 2.44. The lowest BCUT2D eigenvalue weighted by Crippen LogP contribution is -2.40. The first-order valence-electron chi connectivity index (χ1n) is 6.95. The molecule has 1 aromatic rings. The molecule has 0 atom stereocenters. The van der Waals surface area contributed by atoms with Crippen LogP contribution in [0.2, 0.25) is 0 Å². The number of carbonyl (C=O) groups is 1. The average molecular weight is 313 g/mol. The Hall–Kier alpha value is -1.44. The van der Waals surface area contributed by atoms with Gasteiger partial charge in [-0.05, 0) is 37.1 Å². The van der Waals surface area contributed by atoms with Crippen molar-refractivity contribution in [2.75, 3.05) is 26.7 Å².